The van der Waals surface area contributed by atoms with E-state index in [0.717, 1.165) is 87.8 Å². The van der Waals surface area contributed by atoms with Crippen molar-refractivity contribution in [2.75, 3.05) is 26.2 Å². The first-order chi connectivity index (χ1) is 16.2. The van der Waals surface area contributed by atoms with E-state index in [9.17, 15) is 13.6 Å². The summed E-state index contributed by atoms with van der Waals surface area (Å²) in [6, 6.07) is 0.240. The van der Waals surface area contributed by atoms with Gasteiger partial charge in [0.05, 0.1) is 11.9 Å². The number of rotatable bonds is 9. The lowest BCUT2D eigenvalue weighted by molar-refractivity contribution is -0.121. The van der Waals surface area contributed by atoms with Crippen LogP contribution in [0.1, 0.15) is 61.2 Å². The van der Waals surface area contributed by atoms with Gasteiger partial charge in [-0.05, 0) is 57.9 Å². The van der Waals surface area contributed by atoms with Crippen molar-refractivity contribution in [1.82, 2.24) is 20.2 Å². The Balaban J connectivity index is 1.13. The summed E-state index contributed by atoms with van der Waals surface area (Å²) in [6.07, 6.45) is 9.02. The minimum atomic E-state index is -2.85. The lowest BCUT2D eigenvalue weighted by Gasteiger charge is -2.30. The van der Waals surface area contributed by atoms with Crippen LogP contribution in [0.4, 0.5) is 8.78 Å². The third kappa shape index (κ3) is 7.46. The SMILES string of the molecule is Cc1cnc(CC(=O)N[C@H]2CC[C@H](CCN3CCc4nc(OCC(C)(F)F)sc4CC3)CC2)o1. The van der Waals surface area contributed by atoms with Gasteiger partial charge in [-0.25, -0.2) is 18.7 Å². The summed E-state index contributed by atoms with van der Waals surface area (Å²) in [5.41, 5.74) is 0.998. The number of thiazole rings is 1. The standard InChI is InChI=1S/C24H34F2N4O3S/c1-16-14-27-22(33-16)13-21(31)28-18-5-3-17(4-6-18)7-10-30-11-8-19-20(9-12-30)34-23(29-19)32-15-24(2,25)26/h14,17-18H,3-13,15H2,1-2H3,(H,28,31)/t17-,18-. The molecule has 0 unspecified atom stereocenters. The predicted octanol–water partition coefficient (Wildman–Crippen LogP) is 4.18. The van der Waals surface area contributed by atoms with Crippen molar-refractivity contribution in [1.29, 1.82) is 0 Å². The highest BCUT2D eigenvalue weighted by Crippen LogP contribution is 2.30. The molecule has 1 aliphatic carbocycles. The van der Waals surface area contributed by atoms with Crippen LogP contribution >= 0.6 is 11.3 Å². The van der Waals surface area contributed by atoms with Gasteiger partial charge in [-0.15, -0.1) is 0 Å². The maximum atomic E-state index is 13.0. The average molecular weight is 497 g/mol. The Morgan fingerprint density at radius 3 is 2.76 bits per heavy atom. The number of aryl methyl sites for hydroxylation is 1. The molecule has 7 nitrogen and oxygen atoms in total. The molecule has 0 saturated heterocycles. The molecule has 0 spiro atoms. The topological polar surface area (TPSA) is 80.5 Å². The van der Waals surface area contributed by atoms with Gasteiger partial charge in [-0.1, -0.05) is 11.3 Å². The second-order valence-electron chi connectivity index (χ2n) is 9.67. The number of carbonyl (C=O) groups excluding carboxylic acids is 1. The van der Waals surface area contributed by atoms with E-state index in [1.807, 2.05) is 6.92 Å². The van der Waals surface area contributed by atoms with Crippen LogP contribution in [0.25, 0.3) is 0 Å². The summed E-state index contributed by atoms with van der Waals surface area (Å²) >= 11 is 1.41. The number of hydrogen-bond donors (Lipinski definition) is 1. The average Bonchev–Trinajstić information content (AvgIpc) is 3.32. The predicted molar refractivity (Wildman–Crippen MR) is 126 cm³/mol. The second-order valence-corrected chi connectivity index (χ2v) is 10.7. The highest BCUT2D eigenvalue weighted by Gasteiger charge is 2.26. The van der Waals surface area contributed by atoms with Crippen molar-refractivity contribution in [3.05, 3.63) is 28.4 Å². The number of oxazole rings is 1. The number of hydrogen-bond acceptors (Lipinski definition) is 7. The van der Waals surface area contributed by atoms with Crippen LogP contribution in [-0.4, -0.2) is 59.0 Å². The fourth-order valence-electron chi connectivity index (χ4n) is 4.72. The Kier molecular flexibility index (Phi) is 8.18. The number of amides is 1. The van der Waals surface area contributed by atoms with E-state index >= 15 is 0 Å². The summed E-state index contributed by atoms with van der Waals surface area (Å²) in [7, 11) is 0. The van der Waals surface area contributed by atoms with Crippen molar-refractivity contribution in [3.63, 3.8) is 0 Å². The Bertz CT molecular complexity index is 925. The van der Waals surface area contributed by atoms with E-state index < -0.39 is 12.5 Å². The molecule has 2 aliphatic rings. The minimum Gasteiger partial charge on any atom is -0.464 e. The molecule has 2 aromatic heterocycles. The van der Waals surface area contributed by atoms with Crippen LogP contribution in [0.5, 0.6) is 5.19 Å². The van der Waals surface area contributed by atoms with Crippen molar-refractivity contribution < 1.29 is 22.7 Å². The van der Waals surface area contributed by atoms with Gasteiger partial charge in [0.15, 0.2) is 6.61 Å². The molecule has 1 saturated carbocycles. The zero-order chi connectivity index (χ0) is 24.1. The van der Waals surface area contributed by atoms with Crippen molar-refractivity contribution >= 4 is 17.2 Å². The third-order valence-electron chi connectivity index (χ3n) is 6.57. The van der Waals surface area contributed by atoms with Crippen LogP contribution in [0.2, 0.25) is 0 Å². The van der Waals surface area contributed by atoms with E-state index in [4.69, 9.17) is 9.15 Å². The number of halogens is 2. The molecule has 1 amide bonds. The van der Waals surface area contributed by atoms with Crippen LogP contribution in [0.3, 0.4) is 0 Å². The van der Waals surface area contributed by atoms with Crippen molar-refractivity contribution in [2.45, 2.75) is 77.2 Å². The van der Waals surface area contributed by atoms with Crippen molar-refractivity contribution in [3.8, 4) is 5.19 Å². The summed E-state index contributed by atoms with van der Waals surface area (Å²) in [6.45, 7) is 5.01. The van der Waals surface area contributed by atoms with E-state index in [1.165, 1.54) is 11.3 Å². The Hall–Kier alpha value is -2.07. The zero-order valence-electron chi connectivity index (χ0n) is 19.9. The quantitative estimate of drug-likeness (QED) is 0.561. The fraction of sp³-hybridized carbons (Fsp3) is 0.708. The zero-order valence-corrected chi connectivity index (χ0v) is 20.8. The maximum absolute atomic E-state index is 13.0. The van der Waals surface area contributed by atoms with Crippen LogP contribution in [0.15, 0.2) is 10.6 Å². The monoisotopic (exact) mass is 496 g/mol. The van der Waals surface area contributed by atoms with E-state index in [-0.39, 0.29) is 18.4 Å². The Morgan fingerprint density at radius 1 is 1.29 bits per heavy atom. The first-order valence-electron chi connectivity index (χ1n) is 12.2. The first kappa shape index (κ1) is 25.0. The van der Waals surface area contributed by atoms with Crippen molar-refractivity contribution in [2.24, 2.45) is 5.92 Å². The molecule has 2 aromatic rings. The number of nitrogens with one attached hydrogen (secondary N) is 1. The molecule has 1 fully saturated rings. The molecule has 188 valence electrons. The molecule has 10 heteroatoms. The molecule has 0 bridgehead atoms. The molecule has 0 radical (unpaired) electrons. The largest absolute Gasteiger partial charge is 0.464 e. The highest BCUT2D eigenvalue weighted by atomic mass is 32.1. The van der Waals surface area contributed by atoms with Gasteiger partial charge < -0.3 is 19.4 Å². The lowest BCUT2D eigenvalue weighted by Crippen LogP contribution is -2.39. The van der Waals surface area contributed by atoms with Gasteiger partial charge in [-0.2, -0.15) is 0 Å². The molecule has 3 heterocycles. The molecular weight excluding hydrogens is 462 g/mol. The Morgan fingerprint density at radius 2 is 2.06 bits per heavy atom. The number of alkyl halides is 2. The van der Waals surface area contributed by atoms with E-state index in [2.05, 4.69) is 20.2 Å². The van der Waals surface area contributed by atoms with Gasteiger partial charge in [-0.3, -0.25) is 4.79 Å². The van der Waals surface area contributed by atoms with Gasteiger partial charge in [0.2, 0.25) is 11.8 Å². The Labute approximate surface area is 203 Å². The van der Waals surface area contributed by atoms with E-state index in [0.29, 0.717) is 17.0 Å². The molecule has 0 atom stereocenters. The van der Waals surface area contributed by atoms with Crippen LogP contribution in [0, 0.1) is 12.8 Å². The number of aromatic nitrogens is 2. The smallest absolute Gasteiger partial charge is 0.278 e. The molecule has 1 aliphatic heterocycles. The highest BCUT2D eigenvalue weighted by molar-refractivity contribution is 7.13. The number of carbonyl (C=O) groups is 1. The summed E-state index contributed by atoms with van der Waals surface area (Å²) in [4.78, 5) is 24.4. The minimum absolute atomic E-state index is 0.0205. The summed E-state index contributed by atoms with van der Waals surface area (Å²) < 4.78 is 36.6. The van der Waals surface area contributed by atoms with Gasteiger partial charge in [0.25, 0.3) is 11.1 Å². The van der Waals surface area contributed by atoms with Gasteiger partial charge in [0, 0.05) is 37.4 Å². The molecule has 34 heavy (non-hydrogen) atoms. The molecule has 0 aromatic carbocycles. The van der Waals surface area contributed by atoms with Crippen LogP contribution < -0.4 is 10.1 Å². The molecule has 4 rings (SSSR count). The second kappa shape index (κ2) is 11.1. The third-order valence-corrected chi connectivity index (χ3v) is 7.64. The number of nitrogens with zero attached hydrogens (tertiary/aromatic N) is 3. The first-order valence-corrected chi connectivity index (χ1v) is 13.0. The van der Waals surface area contributed by atoms with Crippen LogP contribution in [-0.2, 0) is 24.1 Å². The van der Waals surface area contributed by atoms with Gasteiger partial charge >= 0.3 is 0 Å². The van der Waals surface area contributed by atoms with E-state index in [1.54, 1.807) is 6.20 Å². The fourth-order valence-corrected chi connectivity index (χ4v) is 5.66. The summed E-state index contributed by atoms with van der Waals surface area (Å²) in [5, 5.41) is 3.49. The number of fused-ring (bicyclic) bond motifs is 1. The van der Waals surface area contributed by atoms with Gasteiger partial charge in [0.1, 0.15) is 12.2 Å². The molecule has 1 N–H and O–H groups in total. The lowest BCUT2D eigenvalue weighted by atomic mass is 9.84. The number of ether oxygens (including phenoxy) is 1. The molecular formula is C24H34F2N4O3S. The summed E-state index contributed by atoms with van der Waals surface area (Å²) in [5.74, 6) is -0.988. The normalized spacial score (nSPS) is 21.6. The maximum Gasteiger partial charge on any atom is 0.278 e.